The summed E-state index contributed by atoms with van der Waals surface area (Å²) in [6.07, 6.45) is 0. The van der Waals surface area contributed by atoms with Gasteiger partial charge in [0, 0.05) is 38.7 Å². The maximum atomic E-state index is 4.98. The van der Waals surface area contributed by atoms with Gasteiger partial charge in [0.1, 0.15) is 0 Å². The van der Waals surface area contributed by atoms with Crippen molar-refractivity contribution in [1.82, 2.24) is 19.5 Å². The number of benzene rings is 8. The molecular formula is C51H34N4. The van der Waals surface area contributed by atoms with Crippen LogP contribution in [0.5, 0.6) is 0 Å². The van der Waals surface area contributed by atoms with Gasteiger partial charge in [0.15, 0.2) is 17.5 Å². The van der Waals surface area contributed by atoms with Crippen LogP contribution in [0.25, 0.3) is 95.0 Å². The van der Waals surface area contributed by atoms with Crippen LogP contribution < -0.4 is 0 Å². The minimum Gasteiger partial charge on any atom is -0.309 e. The van der Waals surface area contributed by atoms with Crippen LogP contribution in [0.2, 0.25) is 0 Å². The van der Waals surface area contributed by atoms with Crippen molar-refractivity contribution in [3.8, 4) is 73.2 Å². The van der Waals surface area contributed by atoms with Crippen LogP contribution in [0, 0.1) is 0 Å². The highest BCUT2D eigenvalue weighted by atomic mass is 15.0. The van der Waals surface area contributed by atoms with Crippen LogP contribution in [0.4, 0.5) is 0 Å². The Morgan fingerprint density at radius 3 is 1.25 bits per heavy atom. The molecule has 4 heteroatoms. The van der Waals surface area contributed by atoms with E-state index >= 15 is 0 Å². The van der Waals surface area contributed by atoms with E-state index in [-0.39, 0.29) is 0 Å². The van der Waals surface area contributed by atoms with E-state index in [1.165, 1.54) is 49.7 Å². The molecule has 0 aliphatic heterocycles. The van der Waals surface area contributed by atoms with E-state index in [4.69, 9.17) is 15.0 Å². The molecule has 0 saturated heterocycles. The molecule has 0 aliphatic carbocycles. The minimum atomic E-state index is 0.633. The third kappa shape index (κ3) is 5.96. The summed E-state index contributed by atoms with van der Waals surface area (Å²) in [4.78, 5) is 14.9. The summed E-state index contributed by atoms with van der Waals surface area (Å²) >= 11 is 0. The van der Waals surface area contributed by atoms with Gasteiger partial charge in [-0.1, -0.05) is 164 Å². The van der Waals surface area contributed by atoms with Crippen molar-refractivity contribution >= 4 is 21.8 Å². The first kappa shape index (κ1) is 32.2. The zero-order chi connectivity index (χ0) is 36.6. The second-order valence-electron chi connectivity index (χ2n) is 13.6. The predicted octanol–water partition coefficient (Wildman–Crippen LogP) is 13.0. The molecule has 0 aliphatic rings. The number of hydrogen-bond acceptors (Lipinski definition) is 3. The first-order valence-electron chi connectivity index (χ1n) is 18.5. The van der Waals surface area contributed by atoms with Gasteiger partial charge < -0.3 is 4.57 Å². The molecule has 10 aromatic rings. The number of para-hydroxylation sites is 1. The summed E-state index contributed by atoms with van der Waals surface area (Å²) in [5.74, 6) is 1.93. The van der Waals surface area contributed by atoms with E-state index in [2.05, 4.69) is 150 Å². The Morgan fingerprint density at radius 1 is 0.291 bits per heavy atom. The Morgan fingerprint density at radius 2 is 0.709 bits per heavy atom. The van der Waals surface area contributed by atoms with Gasteiger partial charge in [0.05, 0.1) is 11.0 Å². The molecule has 2 heterocycles. The van der Waals surface area contributed by atoms with Crippen molar-refractivity contribution in [2.75, 3.05) is 0 Å². The van der Waals surface area contributed by atoms with Crippen LogP contribution >= 0.6 is 0 Å². The van der Waals surface area contributed by atoms with E-state index in [1.807, 2.05) is 60.7 Å². The Hall–Kier alpha value is -7.43. The van der Waals surface area contributed by atoms with Gasteiger partial charge in [-0.05, 0) is 70.3 Å². The molecule has 8 aromatic carbocycles. The van der Waals surface area contributed by atoms with Crippen molar-refractivity contribution in [1.29, 1.82) is 0 Å². The van der Waals surface area contributed by atoms with E-state index in [0.29, 0.717) is 17.5 Å². The number of hydrogen-bond donors (Lipinski definition) is 0. The summed E-state index contributed by atoms with van der Waals surface area (Å²) < 4.78 is 2.40. The summed E-state index contributed by atoms with van der Waals surface area (Å²) in [5, 5.41) is 2.41. The summed E-state index contributed by atoms with van der Waals surface area (Å²) in [6.45, 7) is 0. The largest absolute Gasteiger partial charge is 0.309 e. The van der Waals surface area contributed by atoms with Gasteiger partial charge in [-0.25, -0.2) is 15.0 Å². The minimum absolute atomic E-state index is 0.633. The molecule has 0 unspecified atom stereocenters. The van der Waals surface area contributed by atoms with Crippen LogP contribution in [0.15, 0.2) is 206 Å². The smallest absolute Gasteiger partial charge is 0.164 e. The molecule has 0 saturated carbocycles. The molecular weight excluding hydrogens is 669 g/mol. The van der Waals surface area contributed by atoms with Gasteiger partial charge in [-0.2, -0.15) is 0 Å². The fourth-order valence-corrected chi connectivity index (χ4v) is 7.66. The van der Waals surface area contributed by atoms with Gasteiger partial charge in [-0.3, -0.25) is 0 Å². The Labute approximate surface area is 319 Å². The maximum absolute atomic E-state index is 4.98. The molecule has 0 spiro atoms. The van der Waals surface area contributed by atoms with Crippen LogP contribution in [-0.2, 0) is 0 Å². The molecule has 0 fully saturated rings. The van der Waals surface area contributed by atoms with Gasteiger partial charge in [0.25, 0.3) is 0 Å². The molecule has 4 nitrogen and oxygen atoms in total. The van der Waals surface area contributed by atoms with E-state index in [0.717, 1.165) is 27.9 Å². The first-order valence-corrected chi connectivity index (χ1v) is 18.5. The van der Waals surface area contributed by atoms with Gasteiger partial charge in [0.2, 0.25) is 0 Å². The lowest BCUT2D eigenvalue weighted by Crippen LogP contribution is -2.00. The lowest BCUT2D eigenvalue weighted by molar-refractivity contribution is 1.07. The highest BCUT2D eigenvalue weighted by Crippen LogP contribution is 2.43. The van der Waals surface area contributed by atoms with Crippen molar-refractivity contribution in [3.63, 3.8) is 0 Å². The van der Waals surface area contributed by atoms with Gasteiger partial charge >= 0.3 is 0 Å². The molecule has 0 bridgehead atoms. The van der Waals surface area contributed by atoms with E-state index in [9.17, 15) is 0 Å². The average Bonchev–Trinajstić information content (AvgIpc) is 3.61. The number of aromatic nitrogens is 4. The second kappa shape index (κ2) is 13.8. The SMILES string of the molecule is c1ccc(-c2nc(-c3ccccc3)nc(-c3ccc(-n4c5ccccc5c5cc(-c6ccccc6-c6ccccc6)cc(-c6ccccc6)c54)cc3)n2)cc1. The summed E-state index contributed by atoms with van der Waals surface area (Å²) in [7, 11) is 0. The monoisotopic (exact) mass is 702 g/mol. The van der Waals surface area contributed by atoms with Gasteiger partial charge in [-0.15, -0.1) is 0 Å². The Bertz CT molecular complexity index is 2880. The lowest BCUT2D eigenvalue weighted by atomic mass is 9.91. The quantitative estimate of drug-likeness (QED) is 0.166. The Balaban J connectivity index is 1.16. The molecule has 55 heavy (non-hydrogen) atoms. The molecule has 0 radical (unpaired) electrons. The highest BCUT2D eigenvalue weighted by Gasteiger charge is 2.20. The zero-order valence-corrected chi connectivity index (χ0v) is 29.9. The zero-order valence-electron chi connectivity index (χ0n) is 29.9. The second-order valence-corrected chi connectivity index (χ2v) is 13.6. The normalized spacial score (nSPS) is 11.3. The first-order chi connectivity index (χ1) is 27.3. The number of nitrogens with zero attached hydrogens (tertiary/aromatic N) is 4. The van der Waals surface area contributed by atoms with Crippen molar-refractivity contribution in [2.45, 2.75) is 0 Å². The molecule has 0 amide bonds. The Kier molecular flexibility index (Phi) is 8.12. The predicted molar refractivity (Wildman–Crippen MR) is 227 cm³/mol. The van der Waals surface area contributed by atoms with Crippen LogP contribution in [0.1, 0.15) is 0 Å². The molecule has 0 atom stereocenters. The van der Waals surface area contributed by atoms with Crippen molar-refractivity contribution < 1.29 is 0 Å². The maximum Gasteiger partial charge on any atom is 0.164 e. The number of fused-ring (bicyclic) bond motifs is 3. The highest BCUT2D eigenvalue weighted by molar-refractivity contribution is 6.15. The van der Waals surface area contributed by atoms with E-state index in [1.54, 1.807) is 0 Å². The van der Waals surface area contributed by atoms with E-state index < -0.39 is 0 Å². The molecule has 2 aromatic heterocycles. The topological polar surface area (TPSA) is 43.6 Å². The summed E-state index contributed by atoms with van der Waals surface area (Å²) in [6, 6.07) is 72.4. The number of rotatable bonds is 7. The molecule has 0 N–H and O–H groups in total. The lowest BCUT2D eigenvalue weighted by Gasteiger charge is -2.16. The van der Waals surface area contributed by atoms with Crippen molar-refractivity contribution in [3.05, 3.63) is 206 Å². The molecule has 10 rings (SSSR count). The van der Waals surface area contributed by atoms with Crippen molar-refractivity contribution in [2.24, 2.45) is 0 Å². The van der Waals surface area contributed by atoms with Crippen LogP contribution in [-0.4, -0.2) is 19.5 Å². The third-order valence-electron chi connectivity index (χ3n) is 10.3. The fraction of sp³-hybridized carbons (Fsp3) is 0. The third-order valence-corrected chi connectivity index (χ3v) is 10.3. The summed E-state index contributed by atoms with van der Waals surface area (Å²) in [5.41, 5.74) is 13.3. The average molecular weight is 703 g/mol. The standard InChI is InChI=1S/C51H34N4/c1-5-17-35(18-6-1)42-25-13-14-26-43(42)40-33-45(36-19-7-2-8-20-36)48-46(34-40)44-27-15-16-28-47(44)55(48)41-31-29-39(30-32-41)51-53-49(37-21-9-3-10-22-37)52-50(54-51)38-23-11-4-12-24-38/h1-34H. The fourth-order valence-electron chi connectivity index (χ4n) is 7.66. The van der Waals surface area contributed by atoms with Crippen LogP contribution in [0.3, 0.4) is 0 Å². The molecule has 258 valence electrons.